The third-order valence-corrected chi connectivity index (χ3v) is 5.18. The van der Waals surface area contributed by atoms with Gasteiger partial charge in [0, 0.05) is 31.9 Å². The largest absolute Gasteiger partial charge is 0.508 e. The molecule has 27 heavy (non-hydrogen) atoms. The molecule has 2 amide bonds. The standard InChI is InChI=1S/C20H20FN3O3/c21-14-1-3-15(4-2-14)22-9-11-23(12-10-22)18-13-19(26)24(20(18)27)16-5-7-17(25)8-6-16/h1-8,18,25H,9-13H2/t18-/m1/s1. The zero-order chi connectivity index (χ0) is 19.0. The van der Waals surface area contributed by atoms with Gasteiger partial charge in [0.2, 0.25) is 5.91 Å². The highest BCUT2D eigenvalue weighted by molar-refractivity contribution is 6.22. The molecule has 2 aliphatic heterocycles. The topological polar surface area (TPSA) is 64.1 Å². The van der Waals surface area contributed by atoms with Crippen molar-refractivity contribution >= 4 is 23.2 Å². The highest BCUT2D eigenvalue weighted by Gasteiger charge is 2.43. The van der Waals surface area contributed by atoms with E-state index in [2.05, 4.69) is 4.90 Å². The fourth-order valence-corrected chi connectivity index (χ4v) is 3.72. The number of hydrogen-bond acceptors (Lipinski definition) is 5. The lowest BCUT2D eigenvalue weighted by Gasteiger charge is -2.38. The second-order valence-electron chi connectivity index (χ2n) is 6.80. The summed E-state index contributed by atoms with van der Waals surface area (Å²) in [6.07, 6.45) is 0.163. The van der Waals surface area contributed by atoms with Gasteiger partial charge >= 0.3 is 0 Å². The Kier molecular flexibility index (Phi) is 4.53. The van der Waals surface area contributed by atoms with Crippen molar-refractivity contribution in [2.45, 2.75) is 12.5 Å². The van der Waals surface area contributed by atoms with Gasteiger partial charge in [0.25, 0.3) is 5.91 Å². The van der Waals surface area contributed by atoms with Crippen molar-refractivity contribution < 1.29 is 19.1 Å². The molecule has 2 heterocycles. The van der Waals surface area contributed by atoms with Crippen molar-refractivity contribution in [3.63, 3.8) is 0 Å². The quantitative estimate of drug-likeness (QED) is 0.839. The smallest absolute Gasteiger partial charge is 0.251 e. The zero-order valence-electron chi connectivity index (χ0n) is 14.7. The summed E-state index contributed by atoms with van der Waals surface area (Å²) in [6, 6.07) is 12.0. The van der Waals surface area contributed by atoms with Crippen molar-refractivity contribution in [2.75, 3.05) is 36.0 Å². The Bertz CT molecular complexity index is 846. The zero-order valence-corrected chi connectivity index (χ0v) is 14.7. The van der Waals surface area contributed by atoms with Gasteiger partial charge in [0.1, 0.15) is 11.6 Å². The van der Waals surface area contributed by atoms with Gasteiger partial charge in [-0.15, -0.1) is 0 Å². The van der Waals surface area contributed by atoms with Crippen LogP contribution in [0.5, 0.6) is 5.75 Å². The summed E-state index contributed by atoms with van der Waals surface area (Å²) >= 11 is 0. The summed E-state index contributed by atoms with van der Waals surface area (Å²) < 4.78 is 13.1. The minimum atomic E-state index is -0.457. The summed E-state index contributed by atoms with van der Waals surface area (Å²) in [7, 11) is 0. The van der Waals surface area contributed by atoms with Gasteiger partial charge < -0.3 is 10.0 Å². The second kappa shape index (κ2) is 7.00. The Labute approximate surface area is 156 Å². The number of benzene rings is 2. The van der Waals surface area contributed by atoms with Crippen LogP contribution in [0.4, 0.5) is 15.8 Å². The maximum atomic E-state index is 13.1. The number of carbonyl (C=O) groups is 2. The number of piperazine rings is 1. The lowest BCUT2D eigenvalue weighted by Crippen LogP contribution is -2.52. The predicted octanol–water partition coefficient (Wildman–Crippen LogP) is 1.99. The molecule has 0 radical (unpaired) electrons. The molecule has 140 valence electrons. The Hall–Kier alpha value is -2.93. The fourth-order valence-electron chi connectivity index (χ4n) is 3.72. The normalized spacial score (nSPS) is 21.1. The molecule has 0 spiro atoms. The number of phenols is 1. The van der Waals surface area contributed by atoms with Gasteiger partial charge in [0.15, 0.2) is 0 Å². The molecule has 4 rings (SSSR count). The molecule has 2 fully saturated rings. The molecular formula is C20H20FN3O3. The monoisotopic (exact) mass is 369 g/mol. The first-order chi connectivity index (χ1) is 13.0. The van der Waals surface area contributed by atoms with Crippen LogP contribution in [-0.2, 0) is 9.59 Å². The molecule has 2 aliphatic rings. The van der Waals surface area contributed by atoms with Crippen LogP contribution in [0.25, 0.3) is 0 Å². The Morgan fingerprint density at radius 3 is 2.07 bits per heavy atom. The summed E-state index contributed by atoms with van der Waals surface area (Å²) in [5, 5.41) is 9.40. The number of imide groups is 1. The van der Waals surface area contributed by atoms with E-state index in [9.17, 15) is 19.1 Å². The van der Waals surface area contributed by atoms with Gasteiger partial charge in [-0.3, -0.25) is 14.5 Å². The van der Waals surface area contributed by atoms with Gasteiger partial charge in [-0.1, -0.05) is 0 Å². The molecule has 7 heteroatoms. The molecule has 1 atom stereocenters. The van der Waals surface area contributed by atoms with Crippen LogP contribution in [-0.4, -0.2) is 54.0 Å². The van der Waals surface area contributed by atoms with E-state index in [-0.39, 0.29) is 29.8 Å². The first-order valence-electron chi connectivity index (χ1n) is 8.93. The number of nitrogens with zero attached hydrogens (tertiary/aromatic N) is 3. The summed E-state index contributed by atoms with van der Waals surface area (Å²) in [6.45, 7) is 2.74. The lowest BCUT2D eigenvalue weighted by atomic mass is 10.1. The van der Waals surface area contributed by atoms with Crippen LogP contribution >= 0.6 is 0 Å². The van der Waals surface area contributed by atoms with E-state index < -0.39 is 6.04 Å². The molecule has 2 saturated heterocycles. The molecule has 6 nitrogen and oxygen atoms in total. The molecule has 0 unspecified atom stereocenters. The number of rotatable bonds is 3. The molecule has 2 aromatic carbocycles. The van der Waals surface area contributed by atoms with E-state index in [0.29, 0.717) is 31.9 Å². The molecule has 0 bridgehead atoms. The van der Waals surface area contributed by atoms with Crippen LogP contribution in [0.15, 0.2) is 48.5 Å². The van der Waals surface area contributed by atoms with Crippen LogP contribution < -0.4 is 9.80 Å². The Morgan fingerprint density at radius 2 is 1.44 bits per heavy atom. The summed E-state index contributed by atoms with van der Waals surface area (Å²) in [5.41, 5.74) is 1.44. The van der Waals surface area contributed by atoms with Gasteiger partial charge in [0.05, 0.1) is 18.2 Å². The summed E-state index contributed by atoms with van der Waals surface area (Å²) in [5.74, 6) is -0.620. The van der Waals surface area contributed by atoms with Crippen LogP contribution in [0.1, 0.15) is 6.42 Å². The van der Waals surface area contributed by atoms with E-state index in [1.807, 2.05) is 4.90 Å². The van der Waals surface area contributed by atoms with Gasteiger partial charge in [-0.2, -0.15) is 0 Å². The van der Waals surface area contributed by atoms with Crippen LogP contribution in [0.2, 0.25) is 0 Å². The number of phenolic OH excluding ortho intramolecular Hbond substituents is 1. The van der Waals surface area contributed by atoms with Gasteiger partial charge in [-0.25, -0.2) is 9.29 Å². The number of halogens is 1. The van der Waals surface area contributed by atoms with Crippen molar-refractivity contribution in [3.8, 4) is 5.75 Å². The summed E-state index contributed by atoms with van der Waals surface area (Å²) in [4.78, 5) is 30.6. The maximum Gasteiger partial charge on any atom is 0.251 e. The predicted molar refractivity (Wildman–Crippen MR) is 99.2 cm³/mol. The maximum absolute atomic E-state index is 13.1. The third kappa shape index (κ3) is 3.38. The number of amides is 2. The van der Waals surface area contributed by atoms with E-state index in [1.54, 1.807) is 24.3 Å². The van der Waals surface area contributed by atoms with Crippen molar-refractivity contribution in [1.82, 2.24) is 4.90 Å². The molecule has 1 N–H and O–H groups in total. The molecular weight excluding hydrogens is 349 g/mol. The highest BCUT2D eigenvalue weighted by atomic mass is 19.1. The van der Waals surface area contributed by atoms with Gasteiger partial charge in [-0.05, 0) is 48.5 Å². The number of carbonyl (C=O) groups excluding carboxylic acids is 2. The fraction of sp³-hybridized carbons (Fsp3) is 0.300. The van der Waals surface area contributed by atoms with Crippen LogP contribution in [0, 0.1) is 5.82 Å². The van der Waals surface area contributed by atoms with E-state index in [4.69, 9.17) is 0 Å². The van der Waals surface area contributed by atoms with E-state index in [1.165, 1.54) is 29.2 Å². The van der Waals surface area contributed by atoms with Crippen molar-refractivity contribution in [1.29, 1.82) is 0 Å². The Balaban J connectivity index is 1.43. The highest BCUT2D eigenvalue weighted by Crippen LogP contribution is 2.28. The average Bonchev–Trinajstić information content (AvgIpc) is 2.98. The number of hydrogen-bond donors (Lipinski definition) is 1. The minimum absolute atomic E-state index is 0.0892. The third-order valence-electron chi connectivity index (χ3n) is 5.18. The van der Waals surface area contributed by atoms with E-state index in [0.717, 1.165) is 5.69 Å². The first-order valence-corrected chi connectivity index (χ1v) is 8.93. The number of aromatic hydroxyl groups is 1. The number of anilines is 2. The SMILES string of the molecule is O=C1C[C@@H](N2CCN(c3ccc(F)cc3)CC2)C(=O)N1c1ccc(O)cc1. The minimum Gasteiger partial charge on any atom is -0.508 e. The van der Waals surface area contributed by atoms with Crippen molar-refractivity contribution in [2.24, 2.45) is 0 Å². The lowest BCUT2D eigenvalue weighted by molar-refractivity contribution is -0.123. The average molecular weight is 369 g/mol. The molecule has 0 aliphatic carbocycles. The second-order valence-corrected chi connectivity index (χ2v) is 6.80. The van der Waals surface area contributed by atoms with Crippen LogP contribution in [0.3, 0.4) is 0 Å². The Morgan fingerprint density at radius 1 is 0.852 bits per heavy atom. The van der Waals surface area contributed by atoms with E-state index >= 15 is 0 Å². The molecule has 0 saturated carbocycles. The van der Waals surface area contributed by atoms with Crippen molar-refractivity contribution in [3.05, 3.63) is 54.3 Å². The molecule has 2 aromatic rings. The first kappa shape index (κ1) is 17.5. The molecule has 0 aromatic heterocycles.